The molecular formula is C10H11FN2O3. The van der Waals surface area contributed by atoms with Crippen LogP contribution in [0.25, 0.3) is 0 Å². The number of benzene rings is 1. The Kier molecular flexibility index (Phi) is 3.82. The van der Waals surface area contributed by atoms with Gasteiger partial charge in [0.05, 0.1) is 12.7 Å². The predicted octanol–water partition coefficient (Wildman–Crippen LogP) is 0.311. The van der Waals surface area contributed by atoms with Crippen molar-refractivity contribution in [1.29, 1.82) is 0 Å². The predicted molar refractivity (Wildman–Crippen MR) is 55.2 cm³/mol. The number of methoxy groups -OCH3 is 1. The van der Waals surface area contributed by atoms with Gasteiger partial charge in [0.15, 0.2) is 0 Å². The summed E-state index contributed by atoms with van der Waals surface area (Å²) in [6, 6.07) is 3.68. The maximum absolute atomic E-state index is 13.3. The summed E-state index contributed by atoms with van der Waals surface area (Å²) in [5, 5.41) is 2.22. The molecule has 16 heavy (non-hydrogen) atoms. The summed E-state index contributed by atoms with van der Waals surface area (Å²) in [4.78, 5) is 22.1. The van der Waals surface area contributed by atoms with E-state index in [1.165, 1.54) is 19.2 Å². The molecule has 1 amide bonds. The lowest BCUT2D eigenvalue weighted by Crippen LogP contribution is -2.30. The number of nitrogen functional groups attached to an aromatic ring is 1. The summed E-state index contributed by atoms with van der Waals surface area (Å²) in [5.74, 6) is -2.03. The highest BCUT2D eigenvalue weighted by atomic mass is 19.1. The van der Waals surface area contributed by atoms with E-state index >= 15 is 0 Å². The first-order valence-corrected chi connectivity index (χ1v) is 4.44. The third-order valence-corrected chi connectivity index (χ3v) is 1.86. The third-order valence-electron chi connectivity index (χ3n) is 1.86. The van der Waals surface area contributed by atoms with Gasteiger partial charge in [0, 0.05) is 5.69 Å². The number of carbonyl (C=O) groups excluding carboxylic acids is 2. The van der Waals surface area contributed by atoms with Crippen LogP contribution < -0.4 is 11.1 Å². The second kappa shape index (κ2) is 5.11. The van der Waals surface area contributed by atoms with Crippen molar-refractivity contribution in [3.05, 3.63) is 29.6 Å². The molecule has 1 rings (SSSR count). The summed E-state index contributed by atoms with van der Waals surface area (Å²) in [7, 11) is 1.19. The summed E-state index contributed by atoms with van der Waals surface area (Å²) in [6.45, 7) is -0.306. The van der Waals surface area contributed by atoms with Gasteiger partial charge in [-0.1, -0.05) is 0 Å². The number of anilines is 1. The van der Waals surface area contributed by atoms with Crippen molar-refractivity contribution in [2.45, 2.75) is 0 Å². The first-order chi connectivity index (χ1) is 7.54. The minimum absolute atomic E-state index is 0.168. The Balaban J connectivity index is 2.70. The fraction of sp³-hybridized carbons (Fsp3) is 0.200. The number of amides is 1. The summed E-state index contributed by atoms with van der Waals surface area (Å²) >= 11 is 0. The molecule has 0 spiro atoms. The van der Waals surface area contributed by atoms with Gasteiger partial charge in [-0.15, -0.1) is 0 Å². The number of rotatable bonds is 3. The normalized spacial score (nSPS) is 9.62. The van der Waals surface area contributed by atoms with E-state index < -0.39 is 17.7 Å². The number of hydrogen-bond acceptors (Lipinski definition) is 4. The number of carbonyl (C=O) groups is 2. The number of nitrogens with two attached hydrogens (primary N) is 1. The molecule has 0 radical (unpaired) electrons. The molecule has 0 aliphatic carbocycles. The molecule has 1 aromatic carbocycles. The molecule has 0 saturated heterocycles. The maximum atomic E-state index is 13.3. The minimum atomic E-state index is -0.734. The van der Waals surface area contributed by atoms with Gasteiger partial charge in [0.25, 0.3) is 5.91 Å². The maximum Gasteiger partial charge on any atom is 0.325 e. The van der Waals surface area contributed by atoms with Crippen molar-refractivity contribution in [3.63, 3.8) is 0 Å². The topological polar surface area (TPSA) is 81.4 Å². The van der Waals surface area contributed by atoms with Crippen LogP contribution in [0, 0.1) is 5.82 Å². The number of esters is 1. The molecule has 0 aromatic heterocycles. The van der Waals surface area contributed by atoms with Gasteiger partial charge >= 0.3 is 5.97 Å². The van der Waals surface area contributed by atoms with Crippen LogP contribution >= 0.6 is 0 Å². The van der Waals surface area contributed by atoms with Crippen molar-refractivity contribution in [2.75, 3.05) is 19.4 Å². The number of nitrogens with one attached hydrogen (secondary N) is 1. The van der Waals surface area contributed by atoms with E-state index in [0.29, 0.717) is 0 Å². The highest BCUT2D eigenvalue weighted by Gasteiger charge is 2.12. The van der Waals surface area contributed by atoms with Crippen LogP contribution in [0.1, 0.15) is 10.4 Å². The second-order valence-corrected chi connectivity index (χ2v) is 3.00. The molecule has 1 aromatic rings. The Bertz CT molecular complexity index is 421. The Labute approximate surface area is 91.4 Å². The fourth-order valence-electron chi connectivity index (χ4n) is 1.04. The molecule has 0 fully saturated rings. The van der Waals surface area contributed by atoms with Crippen LogP contribution in [-0.4, -0.2) is 25.5 Å². The van der Waals surface area contributed by atoms with Crippen LogP contribution in [0.3, 0.4) is 0 Å². The molecule has 86 valence electrons. The van der Waals surface area contributed by atoms with Gasteiger partial charge < -0.3 is 15.8 Å². The molecule has 6 heteroatoms. The molecule has 3 N–H and O–H groups in total. The molecule has 0 aliphatic rings. The van der Waals surface area contributed by atoms with E-state index in [-0.39, 0.29) is 17.8 Å². The highest BCUT2D eigenvalue weighted by molar-refractivity contribution is 5.96. The quantitative estimate of drug-likeness (QED) is 0.574. The number of halogens is 1. The smallest absolute Gasteiger partial charge is 0.325 e. The van der Waals surface area contributed by atoms with Crippen molar-refractivity contribution >= 4 is 17.6 Å². The lowest BCUT2D eigenvalue weighted by molar-refractivity contribution is -0.139. The molecule has 0 heterocycles. The fourth-order valence-corrected chi connectivity index (χ4v) is 1.04. The van der Waals surface area contributed by atoms with Gasteiger partial charge in [0.1, 0.15) is 12.4 Å². The van der Waals surface area contributed by atoms with E-state index in [4.69, 9.17) is 5.73 Å². The molecule has 0 atom stereocenters. The number of hydrogen-bond donors (Lipinski definition) is 2. The molecule has 0 saturated carbocycles. The zero-order chi connectivity index (χ0) is 12.1. The molecule has 0 unspecified atom stereocenters. The van der Waals surface area contributed by atoms with E-state index in [1.54, 1.807) is 0 Å². The van der Waals surface area contributed by atoms with Crippen LogP contribution in [0.15, 0.2) is 18.2 Å². The average Bonchev–Trinajstić information content (AvgIpc) is 2.25. The molecule has 5 nitrogen and oxygen atoms in total. The Morgan fingerprint density at radius 3 is 2.75 bits per heavy atom. The van der Waals surface area contributed by atoms with Crippen LogP contribution in [0.4, 0.5) is 10.1 Å². The second-order valence-electron chi connectivity index (χ2n) is 3.00. The average molecular weight is 226 g/mol. The first kappa shape index (κ1) is 12.0. The van der Waals surface area contributed by atoms with Crippen LogP contribution in [0.5, 0.6) is 0 Å². The van der Waals surface area contributed by atoms with Crippen LogP contribution in [-0.2, 0) is 9.53 Å². The van der Waals surface area contributed by atoms with E-state index in [1.807, 2.05) is 0 Å². The largest absolute Gasteiger partial charge is 0.468 e. The van der Waals surface area contributed by atoms with Gasteiger partial charge in [-0.3, -0.25) is 9.59 Å². The van der Waals surface area contributed by atoms with Crippen molar-refractivity contribution in [2.24, 2.45) is 0 Å². The monoisotopic (exact) mass is 226 g/mol. The SMILES string of the molecule is COC(=O)CNC(=O)c1ccc(N)cc1F. The summed E-state index contributed by atoms with van der Waals surface area (Å²) in [5.41, 5.74) is 5.38. The zero-order valence-electron chi connectivity index (χ0n) is 8.62. The van der Waals surface area contributed by atoms with E-state index in [2.05, 4.69) is 10.1 Å². The zero-order valence-corrected chi connectivity index (χ0v) is 8.62. The van der Waals surface area contributed by atoms with Gasteiger partial charge in [-0.05, 0) is 18.2 Å². The highest BCUT2D eigenvalue weighted by Crippen LogP contribution is 2.11. The molecular weight excluding hydrogens is 215 g/mol. The Morgan fingerprint density at radius 2 is 2.19 bits per heavy atom. The van der Waals surface area contributed by atoms with Crippen LogP contribution in [0.2, 0.25) is 0 Å². The van der Waals surface area contributed by atoms with Gasteiger partial charge in [0.2, 0.25) is 0 Å². The lowest BCUT2D eigenvalue weighted by Gasteiger charge is -2.05. The Morgan fingerprint density at radius 1 is 1.50 bits per heavy atom. The van der Waals surface area contributed by atoms with E-state index in [9.17, 15) is 14.0 Å². The molecule has 0 bridgehead atoms. The van der Waals surface area contributed by atoms with Crippen molar-refractivity contribution in [1.82, 2.24) is 5.32 Å². The lowest BCUT2D eigenvalue weighted by atomic mass is 10.2. The van der Waals surface area contributed by atoms with Crippen molar-refractivity contribution in [3.8, 4) is 0 Å². The first-order valence-electron chi connectivity index (χ1n) is 4.44. The van der Waals surface area contributed by atoms with Gasteiger partial charge in [-0.25, -0.2) is 4.39 Å². The van der Waals surface area contributed by atoms with Crippen molar-refractivity contribution < 1.29 is 18.7 Å². The van der Waals surface area contributed by atoms with E-state index in [0.717, 1.165) is 6.07 Å². The van der Waals surface area contributed by atoms with Gasteiger partial charge in [-0.2, -0.15) is 0 Å². The summed E-state index contributed by atoms with van der Waals surface area (Å²) in [6.07, 6.45) is 0. The standard InChI is InChI=1S/C10H11FN2O3/c1-16-9(14)5-13-10(15)7-3-2-6(12)4-8(7)11/h2-4H,5,12H2,1H3,(H,13,15). The minimum Gasteiger partial charge on any atom is -0.468 e. The number of ether oxygens (including phenoxy) is 1. The third kappa shape index (κ3) is 2.94. The summed E-state index contributed by atoms with van der Waals surface area (Å²) < 4.78 is 17.6. The molecule has 0 aliphatic heterocycles. The Hall–Kier alpha value is -2.11.